The number of carbonyl (C=O) groups is 2. The number of para-hydroxylation sites is 1. The minimum Gasteiger partial charge on any atom is -0.452 e. The second-order valence-electron chi connectivity index (χ2n) is 7.65. The van der Waals surface area contributed by atoms with Gasteiger partial charge in [0.05, 0.1) is 0 Å². The molecule has 4 rings (SSSR count). The summed E-state index contributed by atoms with van der Waals surface area (Å²) in [5.74, 6) is -1.14. The Bertz CT molecular complexity index is 1190. The van der Waals surface area contributed by atoms with Crippen LogP contribution in [-0.4, -0.2) is 49.6 Å². The highest BCUT2D eigenvalue weighted by Gasteiger charge is 2.24. The molecule has 160 valence electrons. The fourth-order valence-corrected chi connectivity index (χ4v) is 3.78. The van der Waals surface area contributed by atoms with Crippen LogP contribution in [0.2, 0.25) is 0 Å². The maximum Gasteiger partial charge on any atom is 0.351 e. The quantitative estimate of drug-likeness (QED) is 0.477. The van der Waals surface area contributed by atoms with Crippen molar-refractivity contribution in [2.24, 2.45) is 0 Å². The lowest BCUT2D eigenvalue weighted by molar-refractivity contribution is -0.134. The third-order valence-corrected chi connectivity index (χ3v) is 5.74. The van der Waals surface area contributed by atoms with E-state index >= 15 is 0 Å². The molecule has 1 aromatic heterocycles. The van der Waals surface area contributed by atoms with E-state index < -0.39 is 18.2 Å². The van der Waals surface area contributed by atoms with E-state index in [0.29, 0.717) is 37.1 Å². The van der Waals surface area contributed by atoms with Crippen molar-refractivity contribution in [1.82, 2.24) is 4.90 Å². The van der Waals surface area contributed by atoms with E-state index in [1.165, 1.54) is 22.9 Å². The molecule has 1 fully saturated rings. The number of nitrogens with zero attached hydrogens (tertiary/aromatic N) is 2. The van der Waals surface area contributed by atoms with Crippen LogP contribution in [0.1, 0.15) is 21.5 Å². The Morgan fingerprint density at radius 3 is 2.52 bits per heavy atom. The van der Waals surface area contributed by atoms with Gasteiger partial charge < -0.3 is 19.0 Å². The van der Waals surface area contributed by atoms with Gasteiger partial charge in [-0.3, -0.25) is 4.79 Å². The molecule has 0 atom stereocenters. The highest BCUT2D eigenvalue weighted by Crippen LogP contribution is 2.24. The zero-order chi connectivity index (χ0) is 22.0. The summed E-state index contributed by atoms with van der Waals surface area (Å²) in [5, 5.41) is 0.614. The number of rotatable bonds is 4. The number of ether oxygens (including phenoxy) is 1. The van der Waals surface area contributed by atoms with Crippen molar-refractivity contribution in [2.45, 2.75) is 13.8 Å². The molecule has 0 saturated carbocycles. The Hall–Kier alpha value is -3.61. The van der Waals surface area contributed by atoms with Gasteiger partial charge in [0.25, 0.3) is 5.91 Å². The first-order valence-corrected chi connectivity index (χ1v) is 10.2. The summed E-state index contributed by atoms with van der Waals surface area (Å²) in [5.41, 5.74) is 3.06. The second kappa shape index (κ2) is 8.63. The standard InChI is InChI=1S/C24H24N2O5/c1-16-6-5-8-20(17(16)2)25-10-12-26(13-11-25)22(27)15-30-23(28)19-14-18-7-3-4-9-21(18)31-24(19)29/h3-9,14H,10-13,15H2,1-2H3. The van der Waals surface area contributed by atoms with Gasteiger partial charge in [-0.05, 0) is 43.2 Å². The molecule has 0 aliphatic carbocycles. The molecule has 3 aromatic rings. The van der Waals surface area contributed by atoms with E-state index in [4.69, 9.17) is 9.15 Å². The normalized spacial score (nSPS) is 14.0. The Morgan fingerprint density at radius 1 is 1.00 bits per heavy atom. The second-order valence-corrected chi connectivity index (χ2v) is 7.65. The first-order valence-electron chi connectivity index (χ1n) is 10.2. The van der Waals surface area contributed by atoms with Crippen molar-refractivity contribution in [3.8, 4) is 0 Å². The van der Waals surface area contributed by atoms with Crippen LogP contribution in [0.3, 0.4) is 0 Å². The Balaban J connectivity index is 1.34. The maximum absolute atomic E-state index is 12.5. The summed E-state index contributed by atoms with van der Waals surface area (Å²) >= 11 is 0. The van der Waals surface area contributed by atoms with E-state index in [-0.39, 0.29) is 11.5 Å². The van der Waals surface area contributed by atoms with Crippen molar-refractivity contribution < 1.29 is 18.7 Å². The highest BCUT2D eigenvalue weighted by molar-refractivity contribution is 5.94. The van der Waals surface area contributed by atoms with E-state index in [1.807, 2.05) is 6.07 Å². The summed E-state index contributed by atoms with van der Waals surface area (Å²) in [6.07, 6.45) is 0. The smallest absolute Gasteiger partial charge is 0.351 e. The van der Waals surface area contributed by atoms with Crippen molar-refractivity contribution in [1.29, 1.82) is 0 Å². The van der Waals surface area contributed by atoms with Crippen molar-refractivity contribution >= 4 is 28.5 Å². The minimum absolute atomic E-state index is 0.216. The van der Waals surface area contributed by atoms with Crippen molar-refractivity contribution in [3.63, 3.8) is 0 Å². The molecular weight excluding hydrogens is 396 g/mol. The molecule has 7 heteroatoms. The number of benzene rings is 2. The van der Waals surface area contributed by atoms with Gasteiger partial charge in [0.2, 0.25) is 0 Å². The van der Waals surface area contributed by atoms with Crippen molar-refractivity contribution in [2.75, 3.05) is 37.7 Å². The number of fused-ring (bicyclic) bond motifs is 1. The summed E-state index contributed by atoms with van der Waals surface area (Å²) in [4.78, 5) is 40.9. The molecule has 1 aliphatic heterocycles. The summed E-state index contributed by atoms with van der Waals surface area (Å²) in [6, 6.07) is 14.5. The van der Waals surface area contributed by atoms with Crippen LogP contribution in [0.4, 0.5) is 5.69 Å². The number of hydrogen-bond acceptors (Lipinski definition) is 6. The minimum atomic E-state index is -0.859. The van der Waals surface area contributed by atoms with Gasteiger partial charge in [0, 0.05) is 37.3 Å². The molecule has 2 heterocycles. The lowest BCUT2D eigenvalue weighted by atomic mass is 10.1. The first kappa shape index (κ1) is 20.7. The average Bonchev–Trinajstić information content (AvgIpc) is 2.78. The molecule has 1 aliphatic rings. The highest BCUT2D eigenvalue weighted by atomic mass is 16.5. The Kier molecular flexibility index (Phi) is 5.75. The predicted molar refractivity (Wildman–Crippen MR) is 117 cm³/mol. The third-order valence-electron chi connectivity index (χ3n) is 5.74. The number of hydrogen-bond donors (Lipinski definition) is 0. The topological polar surface area (TPSA) is 80.1 Å². The number of piperazine rings is 1. The van der Waals surface area contributed by atoms with Crippen LogP contribution in [0.5, 0.6) is 0 Å². The zero-order valence-electron chi connectivity index (χ0n) is 17.6. The van der Waals surface area contributed by atoms with Gasteiger partial charge >= 0.3 is 11.6 Å². The molecule has 0 N–H and O–H groups in total. The number of aryl methyl sites for hydroxylation is 1. The Labute approximate surface area is 179 Å². The molecule has 1 amide bonds. The van der Waals surface area contributed by atoms with Gasteiger partial charge in [-0.2, -0.15) is 0 Å². The molecule has 0 bridgehead atoms. The van der Waals surface area contributed by atoms with Gasteiger partial charge in [-0.15, -0.1) is 0 Å². The van der Waals surface area contributed by atoms with Gasteiger partial charge in [0.1, 0.15) is 11.1 Å². The maximum atomic E-state index is 12.5. The summed E-state index contributed by atoms with van der Waals surface area (Å²) < 4.78 is 10.3. The van der Waals surface area contributed by atoms with Crippen LogP contribution in [-0.2, 0) is 9.53 Å². The van der Waals surface area contributed by atoms with E-state index in [9.17, 15) is 14.4 Å². The largest absolute Gasteiger partial charge is 0.452 e. The van der Waals surface area contributed by atoms with Crippen LogP contribution in [0, 0.1) is 13.8 Å². The molecule has 1 saturated heterocycles. The third kappa shape index (κ3) is 4.30. The van der Waals surface area contributed by atoms with E-state index in [2.05, 4.69) is 30.9 Å². The zero-order valence-corrected chi connectivity index (χ0v) is 17.6. The fourth-order valence-electron chi connectivity index (χ4n) is 3.78. The lowest BCUT2D eigenvalue weighted by Gasteiger charge is -2.37. The summed E-state index contributed by atoms with van der Waals surface area (Å²) in [6.45, 7) is 6.28. The van der Waals surface area contributed by atoms with E-state index in [0.717, 1.165) is 0 Å². The van der Waals surface area contributed by atoms with Gasteiger partial charge in [0.15, 0.2) is 6.61 Å². The van der Waals surface area contributed by atoms with Gasteiger partial charge in [-0.25, -0.2) is 9.59 Å². The van der Waals surface area contributed by atoms with Crippen LogP contribution in [0.25, 0.3) is 11.0 Å². The molecule has 0 radical (unpaired) electrons. The molecule has 7 nitrogen and oxygen atoms in total. The number of amides is 1. The van der Waals surface area contributed by atoms with Crippen molar-refractivity contribution in [3.05, 3.63) is 75.6 Å². The molecular formula is C24H24N2O5. The lowest BCUT2D eigenvalue weighted by Crippen LogP contribution is -2.50. The van der Waals surface area contributed by atoms with Crippen LogP contribution in [0.15, 0.2) is 57.7 Å². The SMILES string of the molecule is Cc1cccc(N2CCN(C(=O)COC(=O)c3cc4ccccc4oc3=O)CC2)c1C. The van der Waals surface area contributed by atoms with E-state index in [1.54, 1.807) is 29.2 Å². The monoisotopic (exact) mass is 420 g/mol. The number of carbonyl (C=O) groups excluding carboxylic acids is 2. The average molecular weight is 420 g/mol. The first-order chi connectivity index (χ1) is 14.9. The number of anilines is 1. The van der Waals surface area contributed by atoms with Crippen LogP contribution >= 0.6 is 0 Å². The molecule has 2 aromatic carbocycles. The summed E-state index contributed by atoms with van der Waals surface area (Å²) in [7, 11) is 0. The molecule has 31 heavy (non-hydrogen) atoms. The molecule has 0 unspecified atom stereocenters. The van der Waals surface area contributed by atoms with Crippen LogP contribution < -0.4 is 10.5 Å². The Morgan fingerprint density at radius 2 is 1.74 bits per heavy atom. The number of esters is 1. The predicted octanol–water partition coefficient (Wildman–Crippen LogP) is 2.92. The molecule has 0 spiro atoms. The van der Waals surface area contributed by atoms with Gasteiger partial charge in [-0.1, -0.05) is 30.3 Å². The fraction of sp³-hybridized carbons (Fsp3) is 0.292.